The largest absolute Gasteiger partial charge is 0.376 e. The van der Waals surface area contributed by atoms with Crippen molar-refractivity contribution in [3.63, 3.8) is 0 Å². The third-order valence-electron chi connectivity index (χ3n) is 4.56. The van der Waals surface area contributed by atoms with E-state index in [1.807, 2.05) is 12.1 Å². The fraction of sp³-hybridized carbons (Fsp3) is 0.429. The van der Waals surface area contributed by atoms with Crippen LogP contribution in [0.3, 0.4) is 0 Å². The average Bonchev–Trinajstić information content (AvgIpc) is 2.67. The van der Waals surface area contributed by atoms with E-state index in [1.165, 1.54) is 19.3 Å². The van der Waals surface area contributed by atoms with Gasteiger partial charge in [0.25, 0.3) is 5.91 Å². The van der Waals surface area contributed by atoms with Gasteiger partial charge in [0.1, 0.15) is 0 Å². The third-order valence-corrected chi connectivity index (χ3v) is 4.56. The van der Waals surface area contributed by atoms with E-state index in [1.54, 1.807) is 29.2 Å². The van der Waals surface area contributed by atoms with Crippen molar-refractivity contribution in [2.75, 3.05) is 25.0 Å². The lowest BCUT2D eigenvalue weighted by molar-refractivity contribution is -0.128. The van der Waals surface area contributed by atoms with E-state index in [-0.39, 0.29) is 24.4 Å². The van der Waals surface area contributed by atoms with Crippen molar-refractivity contribution in [1.29, 1.82) is 0 Å². The summed E-state index contributed by atoms with van der Waals surface area (Å²) in [5.74, 6) is -0.0892. The molecular formula is C21H29N3O2. The van der Waals surface area contributed by atoms with E-state index in [9.17, 15) is 9.59 Å². The van der Waals surface area contributed by atoms with Crippen LogP contribution in [0.4, 0.5) is 5.69 Å². The molecule has 0 aliphatic heterocycles. The van der Waals surface area contributed by atoms with E-state index in [4.69, 9.17) is 0 Å². The number of benzene rings is 1. The van der Waals surface area contributed by atoms with Crippen molar-refractivity contribution in [2.45, 2.75) is 38.1 Å². The van der Waals surface area contributed by atoms with Crippen molar-refractivity contribution >= 4 is 17.5 Å². The molecule has 1 aliphatic rings. The summed E-state index contributed by atoms with van der Waals surface area (Å²) in [5, 5.41) is 6.22. The van der Waals surface area contributed by atoms with Gasteiger partial charge in [-0.2, -0.15) is 0 Å². The molecule has 5 nitrogen and oxygen atoms in total. The van der Waals surface area contributed by atoms with Gasteiger partial charge in [-0.05, 0) is 31.0 Å². The molecule has 0 saturated heterocycles. The van der Waals surface area contributed by atoms with Crippen molar-refractivity contribution in [3.05, 3.63) is 55.1 Å². The van der Waals surface area contributed by atoms with Gasteiger partial charge in [-0.3, -0.25) is 9.59 Å². The SMILES string of the molecule is C=CCN(CC=C)C(=O)CNc1cccc(C(=O)NC2CCCCC2)c1. The summed E-state index contributed by atoms with van der Waals surface area (Å²) < 4.78 is 0. The molecule has 2 N–H and O–H groups in total. The second-order valence-corrected chi connectivity index (χ2v) is 6.62. The van der Waals surface area contributed by atoms with Crippen LogP contribution >= 0.6 is 0 Å². The third kappa shape index (κ3) is 6.06. The molecule has 1 aromatic rings. The summed E-state index contributed by atoms with van der Waals surface area (Å²) in [5.41, 5.74) is 1.37. The van der Waals surface area contributed by atoms with Gasteiger partial charge in [-0.25, -0.2) is 0 Å². The summed E-state index contributed by atoms with van der Waals surface area (Å²) in [4.78, 5) is 26.4. The smallest absolute Gasteiger partial charge is 0.251 e. The maximum absolute atomic E-state index is 12.4. The molecule has 1 aliphatic carbocycles. The fourth-order valence-electron chi connectivity index (χ4n) is 3.17. The van der Waals surface area contributed by atoms with Gasteiger partial charge < -0.3 is 15.5 Å². The number of amides is 2. The predicted octanol–water partition coefficient (Wildman–Crippen LogP) is 3.36. The minimum atomic E-state index is -0.0492. The van der Waals surface area contributed by atoms with Crippen LogP contribution in [-0.4, -0.2) is 42.4 Å². The number of carbonyl (C=O) groups is 2. The first-order valence-electron chi connectivity index (χ1n) is 9.28. The summed E-state index contributed by atoms with van der Waals surface area (Å²) in [6, 6.07) is 7.55. The molecule has 1 aromatic carbocycles. The van der Waals surface area contributed by atoms with Crippen molar-refractivity contribution in [1.82, 2.24) is 10.2 Å². The Morgan fingerprint density at radius 2 is 1.81 bits per heavy atom. The Hall–Kier alpha value is -2.56. The van der Waals surface area contributed by atoms with E-state index < -0.39 is 0 Å². The zero-order valence-corrected chi connectivity index (χ0v) is 15.4. The number of carbonyl (C=O) groups excluding carboxylic acids is 2. The highest BCUT2D eigenvalue weighted by Gasteiger charge is 2.17. The topological polar surface area (TPSA) is 61.4 Å². The lowest BCUT2D eigenvalue weighted by Gasteiger charge is -2.23. The van der Waals surface area contributed by atoms with Crippen molar-refractivity contribution in [2.24, 2.45) is 0 Å². The van der Waals surface area contributed by atoms with Crippen LogP contribution in [0.1, 0.15) is 42.5 Å². The van der Waals surface area contributed by atoms with E-state index in [0.29, 0.717) is 18.7 Å². The van der Waals surface area contributed by atoms with Crippen LogP contribution in [0, 0.1) is 0 Å². The summed E-state index contributed by atoms with van der Waals surface area (Å²) in [6.45, 7) is 8.47. The minimum Gasteiger partial charge on any atom is -0.376 e. The van der Waals surface area contributed by atoms with Gasteiger partial charge in [0.05, 0.1) is 6.54 Å². The minimum absolute atomic E-state index is 0.0399. The number of rotatable bonds is 9. The average molecular weight is 355 g/mol. The van der Waals surface area contributed by atoms with Gasteiger partial charge >= 0.3 is 0 Å². The Labute approximate surface area is 156 Å². The molecule has 0 radical (unpaired) electrons. The molecule has 0 bridgehead atoms. The second kappa shape index (κ2) is 10.4. The number of hydrogen-bond acceptors (Lipinski definition) is 3. The van der Waals surface area contributed by atoms with E-state index in [2.05, 4.69) is 23.8 Å². The molecule has 140 valence electrons. The molecule has 0 aromatic heterocycles. The highest BCUT2D eigenvalue weighted by atomic mass is 16.2. The summed E-state index contributed by atoms with van der Waals surface area (Å²) in [6.07, 6.45) is 9.12. The van der Waals surface area contributed by atoms with Gasteiger partial charge in [0.2, 0.25) is 5.91 Å². The quantitative estimate of drug-likeness (QED) is 0.668. The van der Waals surface area contributed by atoms with Crippen LogP contribution in [-0.2, 0) is 4.79 Å². The lowest BCUT2D eigenvalue weighted by Crippen LogP contribution is -2.36. The molecule has 1 fully saturated rings. The molecule has 2 rings (SSSR count). The predicted molar refractivity (Wildman–Crippen MR) is 106 cm³/mol. The molecule has 0 heterocycles. The van der Waals surface area contributed by atoms with E-state index in [0.717, 1.165) is 18.5 Å². The number of anilines is 1. The number of nitrogens with zero attached hydrogens (tertiary/aromatic N) is 1. The monoisotopic (exact) mass is 355 g/mol. The zero-order chi connectivity index (χ0) is 18.8. The van der Waals surface area contributed by atoms with Crippen molar-refractivity contribution < 1.29 is 9.59 Å². The maximum atomic E-state index is 12.4. The Balaban J connectivity index is 1.91. The first-order chi connectivity index (χ1) is 12.6. The highest BCUT2D eigenvalue weighted by Crippen LogP contribution is 2.18. The summed E-state index contributed by atoms with van der Waals surface area (Å²) in [7, 11) is 0. The maximum Gasteiger partial charge on any atom is 0.251 e. The molecule has 0 unspecified atom stereocenters. The molecule has 26 heavy (non-hydrogen) atoms. The molecule has 1 saturated carbocycles. The first-order valence-corrected chi connectivity index (χ1v) is 9.28. The van der Waals surface area contributed by atoms with Crippen LogP contribution in [0.5, 0.6) is 0 Å². The molecule has 5 heteroatoms. The van der Waals surface area contributed by atoms with Crippen LogP contribution in [0.15, 0.2) is 49.6 Å². The fourth-order valence-corrected chi connectivity index (χ4v) is 3.17. The molecule has 0 atom stereocenters. The summed E-state index contributed by atoms with van der Waals surface area (Å²) >= 11 is 0. The standard InChI is InChI=1S/C21H29N3O2/c1-3-13-24(14-4-2)20(25)16-22-19-12-8-9-17(15-19)21(26)23-18-10-6-5-7-11-18/h3-4,8-9,12,15,18,22H,1-2,5-7,10-11,13-14,16H2,(H,23,26). The van der Waals surface area contributed by atoms with E-state index >= 15 is 0 Å². The molecule has 0 spiro atoms. The van der Waals surface area contributed by atoms with Gasteiger partial charge in [0.15, 0.2) is 0 Å². The van der Waals surface area contributed by atoms with Crippen LogP contribution < -0.4 is 10.6 Å². The van der Waals surface area contributed by atoms with Gasteiger partial charge in [0, 0.05) is 30.4 Å². The Kier molecular flexibility index (Phi) is 7.93. The number of nitrogens with one attached hydrogen (secondary N) is 2. The highest BCUT2D eigenvalue weighted by molar-refractivity contribution is 5.95. The Morgan fingerprint density at radius 1 is 1.12 bits per heavy atom. The van der Waals surface area contributed by atoms with Crippen molar-refractivity contribution in [3.8, 4) is 0 Å². The van der Waals surface area contributed by atoms with Crippen LogP contribution in [0.25, 0.3) is 0 Å². The molecular weight excluding hydrogens is 326 g/mol. The van der Waals surface area contributed by atoms with Gasteiger partial charge in [-0.15, -0.1) is 13.2 Å². The van der Waals surface area contributed by atoms with Gasteiger partial charge in [-0.1, -0.05) is 37.5 Å². The Morgan fingerprint density at radius 3 is 2.46 bits per heavy atom. The normalized spacial score (nSPS) is 14.3. The zero-order valence-electron chi connectivity index (χ0n) is 15.4. The van der Waals surface area contributed by atoms with Crippen LogP contribution in [0.2, 0.25) is 0 Å². The molecule has 2 amide bonds. The second-order valence-electron chi connectivity index (χ2n) is 6.62. The Bertz CT molecular complexity index is 626. The number of hydrogen-bond donors (Lipinski definition) is 2. The lowest BCUT2D eigenvalue weighted by atomic mass is 9.95. The first kappa shape index (κ1) is 19.8.